The van der Waals surface area contributed by atoms with Crippen molar-refractivity contribution in [2.75, 3.05) is 18.5 Å². The molecule has 1 heterocycles. The summed E-state index contributed by atoms with van der Waals surface area (Å²) in [5.74, 6) is -0.703. The lowest BCUT2D eigenvalue weighted by Crippen LogP contribution is -2.28. The highest BCUT2D eigenvalue weighted by molar-refractivity contribution is 5.97. The van der Waals surface area contributed by atoms with E-state index in [2.05, 4.69) is 5.32 Å². The molecule has 152 valence electrons. The van der Waals surface area contributed by atoms with Crippen molar-refractivity contribution >= 4 is 23.5 Å². The highest BCUT2D eigenvalue weighted by atomic mass is 16.5. The van der Waals surface area contributed by atoms with Gasteiger partial charge in [0.2, 0.25) is 11.8 Å². The molecule has 0 radical (unpaired) electrons. The smallest absolute Gasteiger partial charge is 0.338 e. The van der Waals surface area contributed by atoms with Crippen molar-refractivity contribution in [3.05, 3.63) is 65.7 Å². The molecule has 0 aliphatic carbocycles. The van der Waals surface area contributed by atoms with Crippen LogP contribution in [0.4, 0.5) is 5.69 Å². The van der Waals surface area contributed by atoms with E-state index in [0.717, 1.165) is 5.56 Å². The summed E-state index contributed by atoms with van der Waals surface area (Å²) in [5, 5.41) is 2.84. The molecule has 2 amide bonds. The van der Waals surface area contributed by atoms with E-state index in [9.17, 15) is 14.4 Å². The zero-order valence-corrected chi connectivity index (χ0v) is 16.8. The predicted octanol–water partition coefficient (Wildman–Crippen LogP) is 3.49. The molecule has 2 aromatic carbocycles. The first-order valence-electron chi connectivity index (χ1n) is 9.82. The quantitative estimate of drug-likeness (QED) is 0.730. The Morgan fingerprint density at radius 3 is 2.45 bits per heavy atom. The Morgan fingerprint density at radius 1 is 1.10 bits per heavy atom. The zero-order valence-electron chi connectivity index (χ0n) is 16.8. The van der Waals surface area contributed by atoms with Crippen molar-refractivity contribution in [2.45, 2.75) is 26.8 Å². The summed E-state index contributed by atoms with van der Waals surface area (Å²) in [6, 6.07) is 16.3. The number of hydrogen-bond acceptors (Lipinski definition) is 4. The minimum atomic E-state index is -0.387. The number of likely N-dealkylation sites (tertiary alicyclic amines) is 1. The Bertz CT molecular complexity index is 862. The number of nitrogens with zero attached hydrogens (tertiary/aromatic N) is 1. The van der Waals surface area contributed by atoms with Gasteiger partial charge < -0.3 is 15.0 Å². The van der Waals surface area contributed by atoms with E-state index in [1.165, 1.54) is 0 Å². The van der Waals surface area contributed by atoms with Gasteiger partial charge in [0.1, 0.15) is 0 Å². The standard InChI is InChI=1S/C23H26N2O4/c1-16(2)15-29-23(28)18-8-10-20(11-9-18)24-22(27)19-12-21(26)25(14-19)13-17-6-4-3-5-7-17/h3-11,16,19H,12-15H2,1-2H3,(H,24,27)/t19-/m1/s1. The first-order chi connectivity index (χ1) is 13.9. The molecule has 1 saturated heterocycles. The van der Waals surface area contributed by atoms with Gasteiger partial charge in [-0.25, -0.2) is 4.79 Å². The van der Waals surface area contributed by atoms with Gasteiger partial charge in [0, 0.05) is 25.2 Å². The van der Waals surface area contributed by atoms with E-state index in [1.54, 1.807) is 29.2 Å². The fraction of sp³-hybridized carbons (Fsp3) is 0.348. The van der Waals surface area contributed by atoms with Crippen LogP contribution in [0.15, 0.2) is 54.6 Å². The Balaban J connectivity index is 1.53. The molecular weight excluding hydrogens is 368 g/mol. The van der Waals surface area contributed by atoms with Gasteiger partial charge >= 0.3 is 5.97 Å². The van der Waals surface area contributed by atoms with Crippen LogP contribution in [0.2, 0.25) is 0 Å². The lowest BCUT2D eigenvalue weighted by Gasteiger charge is -2.16. The Morgan fingerprint density at radius 2 is 1.79 bits per heavy atom. The number of carbonyl (C=O) groups excluding carboxylic acids is 3. The molecule has 6 nitrogen and oxygen atoms in total. The van der Waals surface area contributed by atoms with Gasteiger partial charge in [-0.1, -0.05) is 44.2 Å². The van der Waals surface area contributed by atoms with Crippen molar-refractivity contribution in [1.82, 2.24) is 4.90 Å². The van der Waals surface area contributed by atoms with Crippen molar-refractivity contribution in [3.63, 3.8) is 0 Å². The molecule has 1 aliphatic rings. The van der Waals surface area contributed by atoms with E-state index < -0.39 is 0 Å². The zero-order chi connectivity index (χ0) is 20.8. The molecule has 2 aromatic rings. The van der Waals surface area contributed by atoms with E-state index in [4.69, 9.17) is 4.74 Å². The maximum atomic E-state index is 12.6. The van der Waals surface area contributed by atoms with Crippen LogP contribution in [0.25, 0.3) is 0 Å². The van der Waals surface area contributed by atoms with E-state index >= 15 is 0 Å². The van der Waals surface area contributed by atoms with Crippen LogP contribution in [-0.4, -0.2) is 35.8 Å². The van der Waals surface area contributed by atoms with Crippen LogP contribution >= 0.6 is 0 Å². The second kappa shape index (κ2) is 9.37. The number of rotatable bonds is 7. The lowest BCUT2D eigenvalue weighted by atomic mass is 10.1. The van der Waals surface area contributed by atoms with Crippen LogP contribution in [-0.2, 0) is 20.9 Å². The maximum Gasteiger partial charge on any atom is 0.338 e. The largest absolute Gasteiger partial charge is 0.462 e. The molecule has 0 saturated carbocycles. The second-order valence-electron chi connectivity index (χ2n) is 7.72. The summed E-state index contributed by atoms with van der Waals surface area (Å²) in [7, 11) is 0. The van der Waals surface area contributed by atoms with Crippen LogP contribution in [0.3, 0.4) is 0 Å². The number of anilines is 1. The summed E-state index contributed by atoms with van der Waals surface area (Å²) in [6.45, 7) is 5.23. The van der Waals surface area contributed by atoms with Crippen molar-refractivity contribution < 1.29 is 19.1 Å². The van der Waals surface area contributed by atoms with Gasteiger partial charge in [-0.2, -0.15) is 0 Å². The number of carbonyl (C=O) groups is 3. The van der Waals surface area contributed by atoms with Crippen molar-refractivity contribution in [3.8, 4) is 0 Å². The molecule has 3 rings (SSSR count). The number of benzene rings is 2. The minimum Gasteiger partial charge on any atom is -0.462 e. The molecule has 1 N–H and O–H groups in total. The Kier molecular flexibility index (Phi) is 6.65. The second-order valence-corrected chi connectivity index (χ2v) is 7.72. The van der Waals surface area contributed by atoms with Crippen molar-refractivity contribution in [1.29, 1.82) is 0 Å². The Hall–Kier alpha value is -3.15. The average molecular weight is 394 g/mol. The van der Waals surface area contributed by atoms with Gasteiger partial charge in [-0.05, 0) is 35.7 Å². The first kappa shape index (κ1) is 20.6. The Labute approximate surface area is 170 Å². The van der Waals surface area contributed by atoms with Crippen molar-refractivity contribution in [2.24, 2.45) is 11.8 Å². The molecule has 6 heteroatoms. The molecule has 1 atom stereocenters. The molecular formula is C23H26N2O4. The molecule has 29 heavy (non-hydrogen) atoms. The monoisotopic (exact) mass is 394 g/mol. The van der Waals surface area contributed by atoms with Crippen LogP contribution < -0.4 is 5.32 Å². The third-order valence-electron chi connectivity index (χ3n) is 4.74. The topological polar surface area (TPSA) is 75.7 Å². The molecule has 1 aliphatic heterocycles. The normalized spacial score (nSPS) is 16.2. The summed E-state index contributed by atoms with van der Waals surface area (Å²) in [4.78, 5) is 38.5. The van der Waals surface area contributed by atoms with Gasteiger partial charge in [0.25, 0.3) is 0 Å². The first-order valence-corrected chi connectivity index (χ1v) is 9.82. The van der Waals surface area contributed by atoms with E-state index in [0.29, 0.717) is 30.9 Å². The molecule has 0 bridgehead atoms. The fourth-order valence-corrected chi connectivity index (χ4v) is 3.16. The number of hydrogen-bond donors (Lipinski definition) is 1. The molecule has 0 spiro atoms. The molecule has 0 aromatic heterocycles. The van der Waals surface area contributed by atoms with Crippen LogP contribution in [0.5, 0.6) is 0 Å². The maximum absolute atomic E-state index is 12.6. The minimum absolute atomic E-state index is 0.0164. The van der Waals surface area contributed by atoms with Crippen LogP contribution in [0, 0.1) is 11.8 Å². The number of amides is 2. The third-order valence-corrected chi connectivity index (χ3v) is 4.74. The van der Waals surface area contributed by atoms with E-state index in [1.807, 2.05) is 44.2 Å². The highest BCUT2D eigenvalue weighted by Gasteiger charge is 2.34. The fourth-order valence-electron chi connectivity index (χ4n) is 3.16. The SMILES string of the molecule is CC(C)COC(=O)c1ccc(NC(=O)[C@@H]2CC(=O)N(Cc3ccccc3)C2)cc1. The van der Waals surface area contributed by atoms with Gasteiger partial charge in [0.15, 0.2) is 0 Å². The predicted molar refractivity (Wildman–Crippen MR) is 110 cm³/mol. The number of ether oxygens (including phenoxy) is 1. The number of esters is 1. The van der Waals surface area contributed by atoms with Crippen LogP contribution in [0.1, 0.15) is 36.2 Å². The third kappa shape index (κ3) is 5.67. The molecule has 1 fully saturated rings. The summed E-state index contributed by atoms with van der Waals surface area (Å²) in [5.41, 5.74) is 2.07. The lowest BCUT2D eigenvalue weighted by molar-refractivity contribution is -0.128. The number of nitrogens with one attached hydrogen (secondary N) is 1. The summed E-state index contributed by atoms with van der Waals surface area (Å²) in [6.07, 6.45) is 0.207. The van der Waals surface area contributed by atoms with E-state index in [-0.39, 0.29) is 36.0 Å². The van der Waals surface area contributed by atoms with Gasteiger partial charge in [-0.15, -0.1) is 0 Å². The van der Waals surface area contributed by atoms with Gasteiger partial charge in [-0.3, -0.25) is 9.59 Å². The average Bonchev–Trinajstić information content (AvgIpc) is 3.08. The summed E-state index contributed by atoms with van der Waals surface area (Å²) >= 11 is 0. The van der Waals surface area contributed by atoms with Gasteiger partial charge in [0.05, 0.1) is 18.1 Å². The summed E-state index contributed by atoms with van der Waals surface area (Å²) < 4.78 is 5.19. The highest BCUT2D eigenvalue weighted by Crippen LogP contribution is 2.22. The molecule has 0 unspecified atom stereocenters.